The van der Waals surface area contributed by atoms with Crippen molar-refractivity contribution < 1.29 is 9.47 Å². The highest BCUT2D eigenvalue weighted by atomic mass is 32.1. The molecule has 0 fully saturated rings. The summed E-state index contributed by atoms with van der Waals surface area (Å²) in [6, 6.07) is 5.85. The molecule has 6 nitrogen and oxygen atoms in total. The number of nitrogens with one attached hydrogen (secondary N) is 1. The molecule has 0 saturated carbocycles. The number of aromatic nitrogens is 3. The lowest BCUT2D eigenvalue weighted by molar-refractivity contribution is 0.270. The van der Waals surface area contributed by atoms with Crippen molar-refractivity contribution in [3.63, 3.8) is 0 Å². The van der Waals surface area contributed by atoms with Gasteiger partial charge in [0, 0.05) is 6.42 Å². The van der Waals surface area contributed by atoms with Gasteiger partial charge in [-0.2, -0.15) is 14.9 Å². The summed E-state index contributed by atoms with van der Waals surface area (Å²) in [6.07, 6.45) is 8.27. The Morgan fingerprint density at radius 1 is 1.11 bits per heavy atom. The first-order chi connectivity index (χ1) is 13.2. The van der Waals surface area contributed by atoms with Gasteiger partial charge in [-0.15, -0.1) is 0 Å². The van der Waals surface area contributed by atoms with Crippen LogP contribution in [-0.4, -0.2) is 34.3 Å². The average molecular weight is 391 g/mol. The van der Waals surface area contributed by atoms with Crippen LogP contribution in [0.1, 0.15) is 64.3 Å². The van der Waals surface area contributed by atoms with Crippen LogP contribution in [0.15, 0.2) is 23.3 Å². The highest BCUT2D eigenvalue weighted by molar-refractivity contribution is 7.71. The maximum atomic E-state index is 5.91. The number of H-pyrrole nitrogens is 1. The molecule has 1 aromatic heterocycles. The first kappa shape index (κ1) is 21.2. The zero-order valence-electron chi connectivity index (χ0n) is 16.5. The van der Waals surface area contributed by atoms with E-state index in [0.717, 1.165) is 42.1 Å². The Bertz CT molecular complexity index is 783. The fraction of sp³-hybridized carbons (Fsp3) is 0.550. The van der Waals surface area contributed by atoms with E-state index in [1.54, 1.807) is 10.9 Å². The maximum Gasteiger partial charge on any atom is 0.216 e. The fourth-order valence-corrected chi connectivity index (χ4v) is 2.85. The van der Waals surface area contributed by atoms with Crippen LogP contribution >= 0.6 is 12.2 Å². The molecular formula is C20H30N4O2S. The third-order valence-electron chi connectivity index (χ3n) is 4.04. The zero-order chi connectivity index (χ0) is 19.5. The second-order valence-electron chi connectivity index (χ2n) is 6.30. The minimum Gasteiger partial charge on any atom is -0.490 e. The van der Waals surface area contributed by atoms with E-state index < -0.39 is 0 Å². The van der Waals surface area contributed by atoms with Crippen molar-refractivity contribution in [1.82, 2.24) is 14.9 Å². The van der Waals surface area contributed by atoms with Crippen molar-refractivity contribution in [1.29, 1.82) is 0 Å². The average Bonchev–Trinajstić information content (AvgIpc) is 3.01. The van der Waals surface area contributed by atoms with Crippen LogP contribution in [0.2, 0.25) is 0 Å². The van der Waals surface area contributed by atoms with Crippen LogP contribution in [-0.2, 0) is 6.42 Å². The van der Waals surface area contributed by atoms with Crippen molar-refractivity contribution >= 4 is 18.4 Å². The van der Waals surface area contributed by atoms with Gasteiger partial charge < -0.3 is 9.47 Å². The van der Waals surface area contributed by atoms with Gasteiger partial charge in [-0.3, -0.25) is 5.10 Å². The molecule has 0 atom stereocenters. The lowest BCUT2D eigenvalue weighted by atomic mass is 10.2. The van der Waals surface area contributed by atoms with E-state index in [1.165, 1.54) is 19.3 Å². The molecule has 0 saturated heterocycles. The summed E-state index contributed by atoms with van der Waals surface area (Å²) in [7, 11) is 0. The van der Waals surface area contributed by atoms with Crippen molar-refractivity contribution in [2.24, 2.45) is 5.10 Å². The molecule has 2 rings (SSSR count). The monoisotopic (exact) mass is 390 g/mol. The lowest BCUT2D eigenvalue weighted by Gasteiger charge is -2.12. The minimum absolute atomic E-state index is 0.492. The molecule has 0 unspecified atom stereocenters. The molecule has 0 aliphatic rings. The van der Waals surface area contributed by atoms with Gasteiger partial charge in [-0.1, -0.05) is 33.1 Å². The fourth-order valence-electron chi connectivity index (χ4n) is 2.66. The minimum atomic E-state index is 0.492. The summed E-state index contributed by atoms with van der Waals surface area (Å²) >= 11 is 5.26. The molecule has 0 aliphatic carbocycles. The van der Waals surface area contributed by atoms with Gasteiger partial charge in [-0.05, 0) is 55.7 Å². The van der Waals surface area contributed by atoms with Gasteiger partial charge >= 0.3 is 0 Å². The van der Waals surface area contributed by atoms with E-state index in [4.69, 9.17) is 21.7 Å². The molecule has 148 valence electrons. The van der Waals surface area contributed by atoms with Crippen LogP contribution < -0.4 is 9.47 Å². The van der Waals surface area contributed by atoms with Gasteiger partial charge in [0.15, 0.2) is 17.3 Å². The summed E-state index contributed by atoms with van der Waals surface area (Å²) in [6.45, 7) is 7.56. The molecule has 27 heavy (non-hydrogen) atoms. The first-order valence-electron chi connectivity index (χ1n) is 9.79. The van der Waals surface area contributed by atoms with Crippen molar-refractivity contribution in [3.05, 3.63) is 34.4 Å². The highest BCUT2D eigenvalue weighted by Crippen LogP contribution is 2.28. The number of nitrogens with zero attached hydrogens (tertiary/aromatic N) is 3. The number of benzene rings is 1. The van der Waals surface area contributed by atoms with Crippen LogP contribution in [0.3, 0.4) is 0 Å². The predicted octanol–water partition coefficient (Wildman–Crippen LogP) is 5.13. The summed E-state index contributed by atoms with van der Waals surface area (Å²) < 4.78 is 13.8. The van der Waals surface area contributed by atoms with Crippen molar-refractivity contribution in [2.75, 3.05) is 13.2 Å². The van der Waals surface area contributed by atoms with Crippen LogP contribution in [0.5, 0.6) is 11.5 Å². The topological polar surface area (TPSA) is 64.4 Å². The van der Waals surface area contributed by atoms with Gasteiger partial charge in [0.2, 0.25) is 4.77 Å². The van der Waals surface area contributed by atoms with Crippen molar-refractivity contribution in [2.45, 2.75) is 59.3 Å². The van der Waals surface area contributed by atoms with E-state index in [1.807, 2.05) is 25.1 Å². The van der Waals surface area contributed by atoms with E-state index in [0.29, 0.717) is 18.0 Å². The Balaban J connectivity index is 2.10. The van der Waals surface area contributed by atoms with Crippen LogP contribution in [0.4, 0.5) is 0 Å². The molecular weight excluding hydrogens is 360 g/mol. The number of rotatable bonds is 12. The zero-order valence-corrected chi connectivity index (χ0v) is 17.3. The maximum absolute atomic E-state index is 5.91. The van der Waals surface area contributed by atoms with E-state index in [-0.39, 0.29) is 0 Å². The molecule has 1 aromatic carbocycles. The standard InChI is InChI=1S/C20H30N4O2S/c1-4-7-8-9-13-26-17-12-11-16(14-18(17)25-6-3)15-21-24-19(10-5-2)22-23-20(24)27/h11-12,14-15H,4-10,13H2,1-3H3,(H,23,27)/b21-15-. The molecule has 7 heteroatoms. The number of hydrogen-bond acceptors (Lipinski definition) is 5. The van der Waals surface area contributed by atoms with Crippen molar-refractivity contribution in [3.8, 4) is 11.5 Å². The molecule has 1 N–H and O–H groups in total. The summed E-state index contributed by atoms with van der Waals surface area (Å²) in [5, 5.41) is 11.5. The summed E-state index contributed by atoms with van der Waals surface area (Å²) in [4.78, 5) is 0. The van der Waals surface area contributed by atoms with E-state index >= 15 is 0 Å². The molecule has 0 amide bonds. The molecule has 0 radical (unpaired) electrons. The Hall–Kier alpha value is -2.15. The number of hydrogen-bond donors (Lipinski definition) is 1. The highest BCUT2D eigenvalue weighted by Gasteiger charge is 2.07. The summed E-state index contributed by atoms with van der Waals surface area (Å²) in [5.74, 6) is 2.34. The van der Waals surface area contributed by atoms with Crippen LogP contribution in [0.25, 0.3) is 0 Å². The van der Waals surface area contributed by atoms with E-state index in [2.05, 4.69) is 29.1 Å². The largest absolute Gasteiger partial charge is 0.490 e. The lowest BCUT2D eigenvalue weighted by Crippen LogP contribution is -2.02. The third-order valence-corrected chi connectivity index (χ3v) is 4.30. The Morgan fingerprint density at radius 2 is 1.96 bits per heavy atom. The quantitative estimate of drug-likeness (QED) is 0.310. The number of aryl methyl sites for hydroxylation is 1. The smallest absolute Gasteiger partial charge is 0.216 e. The third kappa shape index (κ3) is 6.50. The van der Waals surface area contributed by atoms with E-state index in [9.17, 15) is 0 Å². The van der Waals surface area contributed by atoms with Gasteiger partial charge in [-0.25, -0.2) is 0 Å². The predicted molar refractivity (Wildman–Crippen MR) is 112 cm³/mol. The van der Waals surface area contributed by atoms with Gasteiger partial charge in [0.05, 0.1) is 19.4 Å². The molecule has 0 spiro atoms. The van der Waals surface area contributed by atoms with Gasteiger partial charge in [0.1, 0.15) is 0 Å². The summed E-state index contributed by atoms with van der Waals surface area (Å²) in [5.41, 5.74) is 0.919. The van der Waals surface area contributed by atoms with Gasteiger partial charge in [0.25, 0.3) is 0 Å². The Morgan fingerprint density at radius 3 is 2.70 bits per heavy atom. The number of ether oxygens (including phenoxy) is 2. The molecule has 0 bridgehead atoms. The Labute approximate surface area is 166 Å². The Kier molecular flexibility index (Phi) is 9.04. The molecule has 2 aromatic rings. The second-order valence-corrected chi connectivity index (χ2v) is 6.69. The SMILES string of the molecule is CCCCCCOc1ccc(/C=N\n2c(CCC)n[nH]c2=S)cc1OCC. The second kappa shape index (κ2) is 11.5. The number of unbranched alkanes of at least 4 members (excludes halogenated alkanes) is 3. The molecule has 1 heterocycles. The first-order valence-corrected chi connectivity index (χ1v) is 10.2. The van der Waals surface area contributed by atoms with Crippen LogP contribution in [0, 0.1) is 4.77 Å². The molecule has 0 aliphatic heterocycles. The number of aromatic amines is 1. The normalized spacial score (nSPS) is 11.2.